The lowest BCUT2D eigenvalue weighted by atomic mass is 9.89. The van der Waals surface area contributed by atoms with Crippen LogP contribution in [0.15, 0.2) is 22.8 Å². The van der Waals surface area contributed by atoms with Crippen molar-refractivity contribution in [1.29, 1.82) is 0 Å². The van der Waals surface area contributed by atoms with Crippen LogP contribution in [0.1, 0.15) is 32.4 Å². The van der Waals surface area contributed by atoms with E-state index >= 15 is 0 Å². The molecule has 0 radical (unpaired) electrons. The van der Waals surface area contributed by atoms with Gasteiger partial charge in [-0.1, -0.05) is 0 Å². The van der Waals surface area contributed by atoms with Gasteiger partial charge >= 0.3 is 0 Å². The summed E-state index contributed by atoms with van der Waals surface area (Å²) in [5.74, 6) is 1.11. The molecule has 1 aromatic rings. The molecule has 1 aliphatic heterocycles. The van der Waals surface area contributed by atoms with Crippen molar-refractivity contribution in [2.45, 2.75) is 44.7 Å². The third-order valence-electron chi connectivity index (χ3n) is 4.51. The number of furan rings is 1. The van der Waals surface area contributed by atoms with E-state index in [0.29, 0.717) is 13.0 Å². The van der Waals surface area contributed by atoms with Crippen LogP contribution in [-0.4, -0.2) is 34.8 Å². The average Bonchev–Trinajstić information content (AvgIpc) is 3.15. The van der Waals surface area contributed by atoms with Crippen molar-refractivity contribution in [3.05, 3.63) is 24.2 Å². The Kier molecular flexibility index (Phi) is 3.07. The van der Waals surface area contributed by atoms with Gasteiger partial charge in [0.15, 0.2) is 0 Å². The summed E-state index contributed by atoms with van der Waals surface area (Å²) in [7, 11) is 0. The molecule has 1 aliphatic carbocycles. The fourth-order valence-corrected chi connectivity index (χ4v) is 2.95. The van der Waals surface area contributed by atoms with Gasteiger partial charge in [-0.05, 0) is 44.7 Å². The van der Waals surface area contributed by atoms with E-state index in [2.05, 4.69) is 5.32 Å². The minimum atomic E-state index is -0.716. The van der Waals surface area contributed by atoms with E-state index in [1.807, 2.05) is 19.1 Å². The maximum atomic E-state index is 12.7. The van der Waals surface area contributed by atoms with E-state index in [1.165, 1.54) is 0 Å². The number of carbonyl (C=O) groups is 2. The first-order valence-corrected chi connectivity index (χ1v) is 7.18. The van der Waals surface area contributed by atoms with E-state index in [0.717, 1.165) is 18.6 Å². The third kappa shape index (κ3) is 2.11. The molecule has 0 bridgehead atoms. The molecule has 3 rings (SSSR count). The van der Waals surface area contributed by atoms with Gasteiger partial charge in [0.1, 0.15) is 17.3 Å². The molecule has 20 heavy (non-hydrogen) atoms. The predicted molar refractivity (Wildman–Crippen MR) is 72.9 cm³/mol. The zero-order valence-electron chi connectivity index (χ0n) is 11.9. The Labute approximate surface area is 118 Å². The molecule has 2 amide bonds. The second kappa shape index (κ2) is 4.65. The summed E-state index contributed by atoms with van der Waals surface area (Å²) < 4.78 is 5.30. The summed E-state index contributed by atoms with van der Waals surface area (Å²) in [5.41, 5.74) is -0.716. The lowest BCUT2D eigenvalue weighted by Gasteiger charge is -2.43. The van der Waals surface area contributed by atoms with Crippen molar-refractivity contribution in [3.63, 3.8) is 0 Å². The van der Waals surface area contributed by atoms with Gasteiger partial charge in [0.05, 0.1) is 6.26 Å². The van der Waals surface area contributed by atoms with Gasteiger partial charge in [-0.25, -0.2) is 0 Å². The summed E-state index contributed by atoms with van der Waals surface area (Å²) in [6.07, 6.45) is 4.29. The molecule has 1 N–H and O–H groups in total. The summed E-state index contributed by atoms with van der Waals surface area (Å²) >= 11 is 0. The van der Waals surface area contributed by atoms with Crippen LogP contribution >= 0.6 is 0 Å². The molecule has 2 heterocycles. The topological polar surface area (TPSA) is 62.6 Å². The van der Waals surface area contributed by atoms with Gasteiger partial charge in [-0.3, -0.25) is 9.59 Å². The maximum Gasteiger partial charge on any atom is 0.249 e. The second-order valence-corrected chi connectivity index (χ2v) is 5.97. The molecule has 2 atom stereocenters. The Bertz CT molecular complexity index is 521. The molecule has 2 aliphatic rings. The molecule has 1 saturated heterocycles. The molecule has 5 heteroatoms. The van der Waals surface area contributed by atoms with Crippen molar-refractivity contribution >= 4 is 11.8 Å². The highest BCUT2D eigenvalue weighted by molar-refractivity contribution is 5.99. The Hall–Kier alpha value is -1.78. The zero-order valence-corrected chi connectivity index (χ0v) is 11.9. The summed E-state index contributed by atoms with van der Waals surface area (Å²) in [4.78, 5) is 26.5. The fraction of sp³-hybridized carbons (Fsp3) is 0.600. The Morgan fingerprint density at radius 2 is 2.20 bits per heavy atom. The Morgan fingerprint density at radius 1 is 1.45 bits per heavy atom. The number of carbonyl (C=O) groups excluding carboxylic acids is 2. The van der Waals surface area contributed by atoms with E-state index in [-0.39, 0.29) is 17.7 Å². The van der Waals surface area contributed by atoms with Crippen molar-refractivity contribution < 1.29 is 14.0 Å². The number of amides is 2. The molecular formula is C15H20N2O3. The average molecular weight is 276 g/mol. The quantitative estimate of drug-likeness (QED) is 0.902. The Balaban J connectivity index is 1.76. The van der Waals surface area contributed by atoms with Gasteiger partial charge in [0.25, 0.3) is 0 Å². The van der Waals surface area contributed by atoms with Gasteiger partial charge in [0.2, 0.25) is 11.8 Å². The van der Waals surface area contributed by atoms with Crippen LogP contribution in [0.5, 0.6) is 0 Å². The standard InChI is InChI=1S/C15H20N2O3/c1-10-13(18)16-15(2,11-5-6-11)14(19)17(10)8-7-12-4-3-9-20-12/h3-4,9-11H,5-8H2,1-2H3,(H,16,18). The van der Waals surface area contributed by atoms with Crippen LogP contribution in [0.25, 0.3) is 0 Å². The second-order valence-electron chi connectivity index (χ2n) is 5.97. The van der Waals surface area contributed by atoms with Crippen LogP contribution in [0.4, 0.5) is 0 Å². The zero-order chi connectivity index (χ0) is 14.3. The maximum absolute atomic E-state index is 12.7. The van der Waals surface area contributed by atoms with Gasteiger partial charge < -0.3 is 14.6 Å². The summed E-state index contributed by atoms with van der Waals surface area (Å²) in [6.45, 7) is 4.15. The first kappa shape index (κ1) is 13.2. The monoisotopic (exact) mass is 276 g/mol. The summed E-state index contributed by atoms with van der Waals surface area (Å²) in [5, 5.41) is 2.92. The van der Waals surface area contributed by atoms with Crippen LogP contribution in [0.3, 0.4) is 0 Å². The number of nitrogens with zero attached hydrogens (tertiary/aromatic N) is 1. The molecule has 108 valence electrons. The summed E-state index contributed by atoms with van der Waals surface area (Å²) in [6, 6.07) is 3.31. The molecule has 2 fully saturated rings. The first-order chi connectivity index (χ1) is 9.52. The van der Waals surface area contributed by atoms with E-state index in [1.54, 1.807) is 18.1 Å². The fourth-order valence-electron chi connectivity index (χ4n) is 2.95. The minimum absolute atomic E-state index is 0.0404. The largest absolute Gasteiger partial charge is 0.469 e. The number of hydrogen-bond acceptors (Lipinski definition) is 3. The van der Waals surface area contributed by atoms with Crippen molar-refractivity contribution in [2.75, 3.05) is 6.54 Å². The molecule has 1 aromatic heterocycles. The van der Waals surface area contributed by atoms with E-state index in [4.69, 9.17) is 4.42 Å². The number of hydrogen-bond donors (Lipinski definition) is 1. The first-order valence-electron chi connectivity index (χ1n) is 7.18. The van der Waals surface area contributed by atoms with Crippen molar-refractivity contribution in [2.24, 2.45) is 5.92 Å². The van der Waals surface area contributed by atoms with Crippen LogP contribution in [-0.2, 0) is 16.0 Å². The Morgan fingerprint density at radius 3 is 2.80 bits per heavy atom. The smallest absolute Gasteiger partial charge is 0.249 e. The molecule has 1 saturated carbocycles. The molecule has 2 unspecified atom stereocenters. The van der Waals surface area contributed by atoms with Crippen molar-refractivity contribution in [3.8, 4) is 0 Å². The highest BCUT2D eigenvalue weighted by Gasteiger charge is 2.54. The highest BCUT2D eigenvalue weighted by atomic mass is 16.3. The van der Waals surface area contributed by atoms with Crippen molar-refractivity contribution in [1.82, 2.24) is 10.2 Å². The van der Waals surface area contributed by atoms with Crippen LogP contribution in [0, 0.1) is 5.92 Å². The normalized spacial score (nSPS) is 30.5. The molecule has 0 spiro atoms. The van der Waals surface area contributed by atoms with E-state index in [9.17, 15) is 9.59 Å². The number of nitrogens with one attached hydrogen (secondary N) is 1. The van der Waals surface area contributed by atoms with Gasteiger partial charge in [-0.2, -0.15) is 0 Å². The van der Waals surface area contributed by atoms with Gasteiger partial charge in [-0.15, -0.1) is 0 Å². The van der Waals surface area contributed by atoms with E-state index < -0.39 is 11.6 Å². The van der Waals surface area contributed by atoms with Gasteiger partial charge in [0, 0.05) is 13.0 Å². The molecule has 0 aromatic carbocycles. The third-order valence-corrected chi connectivity index (χ3v) is 4.51. The lowest BCUT2D eigenvalue weighted by molar-refractivity contribution is -0.154. The highest BCUT2D eigenvalue weighted by Crippen LogP contribution is 2.42. The number of piperazine rings is 1. The lowest BCUT2D eigenvalue weighted by Crippen LogP contribution is -2.69. The SMILES string of the molecule is CC1C(=O)NC(C)(C2CC2)C(=O)N1CCc1ccco1. The van der Waals surface area contributed by atoms with Crippen LogP contribution < -0.4 is 5.32 Å². The predicted octanol–water partition coefficient (Wildman–Crippen LogP) is 1.34. The number of rotatable bonds is 4. The van der Waals surface area contributed by atoms with Crippen LogP contribution in [0.2, 0.25) is 0 Å². The molecular weight excluding hydrogens is 256 g/mol. The molecule has 5 nitrogen and oxygen atoms in total. The minimum Gasteiger partial charge on any atom is -0.469 e.